The highest BCUT2D eigenvalue weighted by Crippen LogP contribution is 2.36. The number of hydrogen-bond acceptors (Lipinski definition) is 3. The molecule has 2 N–H and O–H groups in total. The molecule has 2 atom stereocenters. The van der Waals surface area contributed by atoms with E-state index in [1.165, 1.54) is 25.7 Å². The van der Waals surface area contributed by atoms with Gasteiger partial charge in [0, 0.05) is 13.1 Å². The first-order valence-corrected chi connectivity index (χ1v) is 7.87. The van der Waals surface area contributed by atoms with Crippen LogP contribution in [0, 0.1) is 5.92 Å². The van der Waals surface area contributed by atoms with Crippen LogP contribution in [0.1, 0.15) is 46.0 Å². The summed E-state index contributed by atoms with van der Waals surface area (Å²) in [4.78, 5) is 2.35. The molecule has 2 rings (SSSR count). The van der Waals surface area contributed by atoms with Gasteiger partial charge in [-0.25, -0.2) is 0 Å². The fraction of sp³-hybridized carbons (Fsp3) is 0.647. The quantitative estimate of drug-likeness (QED) is 0.824. The van der Waals surface area contributed by atoms with E-state index in [1.807, 2.05) is 12.1 Å². The molecule has 0 spiro atoms. The Bertz CT molecular complexity index is 433. The van der Waals surface area contributed by atoms with Crippen LogP contribution in [0.2, 0.25) is 0 Å². The third-order valence-corrected chi connectivity index (χ3v) is 4.34. The first-order valence-electron chi connectivity index (χ1n) is 7.87. The molecule has 112 valence electrons. The molecule has 20 heavy (non-hydrogen) atoms. The SMILES string of the molecule is CCCOc1cccc(N(C)C2CCCC(C)C2)c1N. The predicted octanol–water partition coefficient (Wildman–Crippen LogP) is 4.07. The average Bonchev–Trinajstić information content (AvgIpc) is 2.45. The molecule has 1 fully saturated rings. The van der Waals surface area contributed by atoms with E-state index in [0.717, 1.165) is 36.1 Å². The van der Waals surface area contributed by atoms with Gasteiger partial charge in [-0.3, -0.25) is 0 Å². The summed E-state index contributed by atoms with van der Waals surface area (Å²) in [5, 5.41) is 0. The number of anilines is 2. The number of nitrogen functional groups attached to an aromatic ring is 1. The summed E-state index contributed by atoms with van der Waals surface area (Å²) in [5.41, 5.74) is 8.19. The molecule has 0 aliphatic heterocycles. The van der Waals surface area contributed by atoms with E-state index < -0.39 is 0 Å². The maximum atomic E-state index is 6.30. The second kappa shape index (κ2) is 6.87. The predicted molar refractivity (Wildman–Crippen MR) is 86.5 cm³/mol. The molecule has 3 heteroatoms. The van der Waals surface area contributed by atoms with Crippen molar-refractivity contribution < 1.29 is 4.74 Å². The maximum Gasteiger partial charge on any atom is 0.144 e. The smallest absolute Gasteiger partial charge is 0.144 e. The van der Waals surface area contributed by atoms with E-state index in [1.54, 1.807) is 0 Å². The molecule has 0 aromatic heterocycles. The number of para-hydroxylation sites is 1. The lowest BCUT2D eigenvalue weighted by Crippen LogP contribution is -2.36. The second-order valence-electron chi connectivity index (χ2n) is 6.07. The standard InChI is InChI=1S/C17H28N2O/c1-4-11-20-16-10-6-9-15(17(16)18)19(3)14-8-5-7-13(2)12-14/h6,9-10,13-14H,4-5,7-8,11-12,18H2,1-3H3. The molecule has 3 nitrogen and oxygen atoms in total. The monoisotopic (exact) mass is 276 g/mol. The fourth-order valence-corrected chi connectivity index (χ4v) is 3.13. The molecule has 1 aromatic rings. The summed E-state index contributed by atoms with van der Waals surface area (Å²) in [6.07, 6.45) is 6.21. The number of benzene rings is 1. The fourth-order valence-electron chi connectivity index (χ4n) is 3.13. The van der Waals surface area contributed by atoms with E-state index in [-0.39, 0.29) is 0 Å². The lowest BCUT2D eigenvalue weighted by atomic mass is 9.86. The molecule has 1 aromatic carbocycles. The normalized spacial score (nSPS) is 22.6. The van der Waals surface area contributed by atoms with E-state index in [4.69, 9.17) is 10.5 Å². The van der Waals surface area contributed by atoms with E-state index in [2.05, 4.69) is 31.9 Å². The number of rotatable bonds is 5. The number of hydrogen-bond donors (Lipinski definition) is 1. The first kappa shape index (κ1) is 15.0. The van der Waals surface area contributed by atoms with Crippen LogP contribution in [0.5, 0.6) is 5.75 Å². The molecule has 0 radical (unpaired) electrons. The molecule has 0 saturated heterocycles. The molecule has 1 aliphatic rings. The minimum atomic E-state index is 0.600. The summed E-state index contributed by atoms with van der Waals surface area (Å²) in [6.45, 7) is 5.18. The van der Waals surface area contributed by atoms with Crippen LogP contribution in [-0.2, 0) is 0 Å². The summed E-state index contributed by atoms with van der Waals surface area (Å²) < 4.78 is 5.73. The van der Waals surface area contributed by atoms with Crippen LogP contribution in [0.15, 0.2) is 18.2 Å². The van der Waals surface area contributed by atoms with Crippen molar-refractivity contribution in [3.63, 3.8) is 0 Å². The van der Waals surface area contributed by atoms with Gasteiger partial charge < -0.3 is 15.4 Å². The Kier molecular flexibility index (Phi) is 5.16. The molecule has 1 aliphatic carbocycles. The van der Waals surface area contributed by atoms with Gasteiger partial charge >= 0.3 is 0 Å². The van der Waals surface area contributed by atoms with Crippen molar-refractivity contribution in [2.24, 2.45) is 5.92 Å². The minimum Gasteiger partial charge on any atom is -0.491 e. The van der Waals surface area contributed by atoms with Gasteiger partial charge in [0.2, 0.25) is 0 Å². The van der Waals surface area contributed by atoms with E-state index >= 15 is 0 Å². The maximum absolute atomic E-state index is 6.30. The van der Waals surface area contributed by atoms with Crippen LogP contribution in [-0.4, -0.2) is 19.7 Å². The zero-order chi connectivity index (χ0) is 14.5. The highest BCUT2D eigenvalue weighted by molar-refractivity contribution is 5.74. The lowest BCUT2D eigenvalue weighted by Gasteiger charge is -2.36. The van der Waals surface area contributed by atoms with Crippen molar-refractivity contribution in [1.82, 2.24) is 0 Å². The largest absolute Gasteiger partial charge is 0.491 e. The Hall–Kier alpha value is -1.38. The summed E-state index contributed by atoms with van der Waals surface area (Å²) >= 11 is 0. The highest BCUT2D eigenvalue weighted by atomic mass is 16.5. The Morgan fingerprint density at radius 2 is 2.15 bits per heavy atom. The molecule has 0 amide bonds. The van der Waals surface area contributed by atoms with Crippen molar-refractivity contribution in [3.8, 4) is 5.75 Å². The van der Waals surface area contributed by atoms with Gasteiger partial charge in [-0.1, -0.05) is 32.8 Å². The summed E-state index contributed by atoms with van der Waals surface area (Å²) in [6, 6.07) is 6.71. The van der Waals surface area contributed by atoms with Crippen molar-refractivity contribution in [3.05, 3.63) is 18.2 Å². The van der Waals surface area contributed by atoms with E-state index in [0.29, 0.717) is 6.04 Å². The van der Waals surface area contributed by atoms with Gasteiger partial charge in [0.1, 0.15) is 5.75 Å². The van der Waals surface area contributed by atoms with Gasteiger partial charge in [0.25, 0.3) is 0 Å². The van der Waals surface area contributed by atoms with Gasteiger partial charge in [-0.05, 0) is 37.3 Å². The molecule has 0 heterocycles. The van der Waals surface area contributed by atoms with Crippen molar-refractivity contribution in [2.75, 3.05) is 24.3 Å². The minimum absolute atomic E-state index is 0.600. The summed E-state index contributed by atoms with van der Waals surface area (Å²) in [7, 11) is 2.16. The van der Waals surface area contributed by atoms with Crippen LogP contribution in [0.3, 0.4) is 0 Å². The van der Waals surface area contributed by atoms with Gasteiger partial charge in [-0.2, -0.15) is 0 Å². The Morgan fingerprint density at radius 3 is 2.85 bits per heavy atom. The molecule has 2 unspecified atom stereocenters. The molecule has 1 saturated carbocycles. The third-order valence-electron chi connectivity index (χ3n) is 4.34. The highest BCUT2D eigenvalue weighted by Gasteiger charge is 2.24. The zero-order valence-electron chi connectivity index (χ0n) is 13.1. The molecular weight excluding hydrogens is 248 g/mol. The van der Waals surface area contributed by atoms with Gasteiger partial charge in [0.15, 0.2) is 0 Å². The zero-order valence-corrected chi connectivity index (χ0v) is 13.1. The van der Waals surface area contributed by atoms with Crippen LogP contribution < -0.4 is 15.4 Å². The molecule has 0 bridgehead atoms. The lowest BCUT2D eigenvalue weighted by molar-refractivity contribution is 0.318. The van der Waals surface area contributed by atoms with Crippen molar-refractivity contribution >= 4 is 11.4 Å². The topological polar surface area (TPSA) is 38.5 Å². The molecular formula is C17H28N2O. The average molecular weight is 276 g/mol. The summed E-state index contributed by atoms with van der Waals surface area (Å²) in [5.74, 6) is 1.64. The van der Waals surface area contributed by atoms with Crippen molar-refractivity contribution in [1.29, 1.82) is 0 Å². The Morgan fingerprint density at radius 1 is 1.35 bits per heavy atom. The number of nitrogens with zero attached hydrogens (tertiary/aromatic N) is 1. The number of nitrogens with two attached hydrogens (primary N) is 1. The van der Waals surface area contributed by atoms with Gasteiger partial charge in [0.05, 0.1) is 18.0 Å². The second-order valence-corrected chi connectivity index (χ2v) is 6.07. The Balaban J connectivity index is 2.14. The Labute approximate surface area is 123 Å². The first-order chi connectivity index (χ1) is 9.63. The van der Waals surface area contributed by atoms with Crippen molar-refractivity contribution in [2.45, 2.75) is 52.0 Å². The van der Waals surface area contributed by atoms with E-state index in [9.17, 15) is 0 Å². The number of ether oxygens (including phenoxy) is 1. The third kappa shape index (κ3) is 3.38. The van der Waals surface area contributed by atoms with Crippen LogP contribution in [0.25, 0.3) is 0 Å². The van der Waals surface area contributed by atoms with Crippen LogP contribution >= 0.6 is 0 Å². The van der Waals surface area contributed by atoms with Gasteiger partial charge in [-0.15, -0.1) is 0 Å². The van der Waals surface area contributed by atoms with Crippen LogP contribution in [0.4, 0.5) is 11.4 Å².